The first-order chi connectivity index (χ1) is 8.47. The number of halogens is 4. The zero-order valence-corrected chi connectivity index (χ0v) is 9.08. The third-order valence-electron chi connectivity index (χ3n) is 2.30. The Kier molecular flexibility index (Phi) is 3.27. The van der Waals surface area contributed by atoms with Gasteiger partial charge in [-0.15, -0.1) is 0 Å². The summed E-state index contributed by atoms with van der Waals surface area (Å²) in [5.74, 6) is -1.52. The molecule has 0 aliphatic heterocycles. The van der Waals surface area contributed by atoms with Gasteiger partial charge < -0.3 is 0 Å². The number of aromatic nitrogens is 2. The number of alkyl halides is 3. The maximum atomic E-state index is 13.2. The second-order valence-corrected chi connectivity index (χ2v) is 3.65. The Balaban J connectivity index is 2.25. The molecule has 0 saturated heterocycles. The van der Waals surface area contributed by atoms with Crippen molar-refractivity contribution in [2.24, 2.45) is 0 Å². The maximum Gasteiger partial charge on any atom is 0.422 e. The SMILES string of the molecule is Fc1nc(Cc2ccccc2)ncc1C(F)(F)F. The summed E-state index contributed by atoms with van der Waals surface area (Å²) in [5, 5.41) is 0. The monoisotopic (exact) mass is 256 g/mol. The van der Waals surface area contributed by atoms with Crippen molar-refractivity contribution in [1.29, 1.82) is 0 Å². The molecule has 0 aliphatic carbocycles. The predicted molar refractivity (Wildman–Crippen MR) is 56.2 cm³/mol. The minimum atomic E-state index is -4.77. The van der Waals surface area contributed by atoms with Crippen LogP contribution in [0, 0.1) is 5.95 Å². The zero-order valence-electron chi connectivity index (χ0n) is 9.08. The predicted octanol–water partition coefficient (Wildman–Crippen LogP) is 3.23. The van der Waals surface area contributed by atoms with Crippen molar-refractivity contribution < 1.29 is 17.6 Å². The van der Waals surface area contributed by atoms with Gasteiger partial charge in [0.05, 0.1) is 0 Å². The average molecular weight is 256 g/mol. The molecule has 0 saturated carbocycles. The van der Waals surface area contributed by atoms with E-state index in [1.54, 1.807) is 30.3 Å². The third-order valence-corrected chi connectivity index (χ3v) is 2.30. The fourth-order valence-electron chi connectivity index (χ4n) is 1.45. The second kappa shape index (κ2) is 4.72. The van der Waals surface area contributed by atoms with Crippen LogP contribution in [0.15, 0.2) is 36.5 Å². The number of nitrogens with zero attached hydrogens (tertiary/aromatic N) is 2. The molecule has 6 heteroatoms. The molecule has 94 valence electrons. The minimum Gasteiger partial charge on any atom is -0.240 e. The molecule has 0 N–H and O–H groups in total. The van der Waals surface area contributed by atoms with Gasteiger partial charge in [0, 0.05) is 12.6 Å². The van der Waals surface area contributed by atoms with Crippen molar-refractivity contribution in [3.05, 3.63) is 59.4 Å². The molecule has 2 aromatic rings. The fraction of sp³-hybridized carbons (Fsp3) is 0.167. The minimum absolute atomic E-state index is 0.0201. The van der Waals surface area contributed by atoms with Gasteiger partial charge in [-0.25, -0.2) is 9.97 Å². The Bertz CT molecular complexity index is 538. The molecule has 2 rings (SSSR count). The van der Waals surface area contributed by atoms with E-state index in [1.807, 2.05) is 0 Å². The van der Waals surface area contributed by atoms with Crippen molar-refractivity contribution in [1.82, 2.24) is 9.97 Å². The van der Waals surface area contributed by atoms with E-state index >= 15 is 0 Å². The fourth-order valence-corrected chi connectivity index (χ4v) is 1.45. The van der Waals surface area contributed by atoms with E-state index in [4.69, 9.17) is 0 Å². The lowest BCUT2D eigenvalue weighted by atomic mass is 10.1. The van der Waals surface area contributed by atoms with Crippen molar-refractivity contribution in [3.63, 3.8) is 0 Å². The lowest BCUT2D eigenvalue weighted by Gasteiger charge is -2.07. The van der Waals surface area contributed by atoms with E-state index in [2.05, 4.69) is 9.97 Å². The van der Waals surface area contributed by atoms with Gasteiger partial charge in [0.2, 0.25) is 5.95 Å². The highest BCUT2D eigenvalue weighted by molar-refractivity contribution is 5.20. The Labute approximate surface area is 100 Å². The molecule has 0 unspecified atom stereocenters. The first-order valence-corrected chi connectivity index (χ1v) is 5.09. The van der Waals surface area contributed by atoms with Gasteiger partial charge in [-0.3, -0.25) is 0 Å². The molecule has 0 radical (unpaired) electrons. The molecule has 1 aromatic heterocycles. The van der Waals surface area contributed by atoms with E-state index < -0.39 is 17.7 Å². The molecule has 2 nitrogen and oxygen atoms in total. The van der Waals surface area contributed by atoms with Crippen LogP contribution in [-0.4, -0.2) is 9.97 Å². The molecule has 1 heterocycles. The molecule has 0 bridgehead atoms. The van der Waals surface area contributed by atoms with Gasteiger partial charge in [-0.2, -0.15) is 17.6 Å². The molecule has 0 aliphatic rings. The average Bonchev–Trinajstić information content (AvgIpc) is 2.28. The summed E-state index contributed by atoms with van der Waals surface area (Å²) in [6, 6.07) is 8.88. The van der Waals surface area contributed by atoms with E-state index in [0.29, 0.717) is 6.20 Å². The van der Waals surface area contributed by atoms with Crippen LogP contribution < -0.4 is 0 Å². The van der Waals surface area contributed by atoms with Crippen molar-refractivity contribution in [2.75, 3.05) is 0 Å². The molecule has 0 amide bonds. The van der Waals surface area contributed by atoms with Crippen LogP contribution in [0.4, 0.5) is 17.6 Å². The first-order valence-electron chi connectivity index (χ1n) is 5.09. The maximum absolute atomic E-state index is 13.2. The van der Waals surface area contributed by atoms with E-state index in [1.165, 1.54) is 0 Å². The molecule has 1 aromatic carbocycles. The standard InChI is InChI=1S/C12H8F4N2/c13-11-9(12(14,15)16)7-17-10(18-11)6-8-4-2-1-3-5-8/h1-5,7H,6H2. The second-order valence-electron chi connectivity index (χ2n) is 3.65. The van der Waals surface area contributed by atoms with Crippen LogP contribution >= 0.6 is 0 Å². The smallest absolute Gasteiger partial charge is 0.240 e. The summed E-state index contributed by atoms with van der Waals surface area (Å²) in [4.78, 5) is 6.77. The summed E-state index contributed by atoms with van der Waals surface area (Å²) < 4.78 is 50.0. The number of hydrogen-bond acceptors (Lipinski definition) is 2. The Morgan fingerprint density at radius 2 is 1.72 bits per heavy atom. The Morgan fingerprint density at radius 3 is 2.28 bits per heavy atom. The summed E-state index contributed by atoms with van der Waals surface area (Å²) >= 11 is 0. The zero-order chi connectivity index (χ0) is 13.2. The van der Waals surface area contributed by atoms with Crippen LogP contribution in [0.2, 0.25) is 0 Å². The third kappa shape index (κ3) is 2.82. The molecule has 0 atom stereocenters. The molecular formula is C12H8F4N2. The first kappa shape index (κ1) is 12.5. The summed E-state index contributed by atoms with van der Waals surface area (Å²) in [7, 11) is 0. The van der Waals surface area contributed by atoms with Gasteiger partial charge in [0.1, 0.15) is 11.4 Å². The summed E-state index contributed by atoms with van der Waals surface area (Å²) in [6.07, 6.45) is -4.11. The highest BCUT2D eigenvalue weighted by Crippen LogP contribution is 2.29. The Hall–Kier alpha value is -1.98. The number of hydrogen-bond donors (Lipinski definition) is 0. The highest BCUT2D eigenvalue weighted by Gasteiger charge is 2.35. The number of benzene rings is 1. The molecule has 0 spiro atoms. The van der Waals surface area contributed by atoms with Gasteiger partial charge in [0.25, 0.3) is 0 Å². The van der Waals surface area contributed by atoms with Gasteiger partial charge in [0.15, 0.2) is 0 Å². The van der Waals surface area contributed by atoms with Crippen molar-refractivity contribution >= 4 is 0 Å². The van der Waals surface area contributed by atoms with Crippen LogP contribution in [0.5, 0.6) is 0 Å². The van der Waals surface area contributed by atoms with Crippen LogP contribution in [-0.2, 0) is 12.6 Å². The Morgan fingerprint density at radius 1 is 1.06 bits per heavy atom. The van der Waals surface area contributed by atoms with Crippen LogP contribution in [0.25, 0.3) is 0 Å². The normalized spacial score (nSPS) is 11.6. The molecule has 18 heavy (non-hydrogen) atoms. The lowest BCUT2D eigenvalue weighted by molar-refractivity contribution is -0.140. The topological polar surface area (TPSA) is 25.8 Å². The summed E-state index contributed by atoms with van der Waals surface area (Å²) in [6.45, 7) is 0. The van der Waals surface area contributed by atoms with Crippen LogP contribution in [0.3, 0.4) is 0 Å². The summed E-state index contributed by atoms with van der Waals surface area (Å²) in [5.41, 5.74) is -0.643. The van der Waals surface area contributed by atoms with Crippen LogP contribution in [0.1, 0.15) is 17.0 Å². The lowest BCUT2D eigenvalue weighted by Crippen LogP contribution is -2.12. The quantitative estimate of drug-likeness (QED) is 0.609. The van der Waals surface area contributed by atoms with Crippen molar-refractivity contribution in [3.8, 4) is 0 Å². The van der Waals surface area contributed by atoms with Gasteiger partial charge in [-0.1, -0.05) is 30.3 Å². The van der Waals surface area contributed by atoms with Crippen molar-refractivity contribution in [2.45, 2.75) is 12.6 Å². The van der Waals surface area contributed by atoms with E-state index in [0.717, 1.165) is 5.56 Å². The number of rotatable bonds is 2. The van der Waals surface area contributed by atoms with Gasteiger partial charge in [-0.05, 0) is 5.56 Å². The highest BCUT2D eigenvalue weighted by atomic mass is 19.4. The van der Waals surface area contributed by atoms with Gasteiger partial charge >= 0.3 is 6.18 Å². The molecule has 0 fully saturated rings. The van der Waals surface area contributed by atoms with E-state index in [-0.39, 0.29) is 12.2 Å². The molecular weight excluding hydrogens is 248 g/mol. The largest absolute Gasteiger partial charge is 0.422 e. The van der Waals surface area contributed by atoms with E-state index in [9.17, 15) is 17.6 Å².